The molecule has 0 bridgehead atoms. The lowest BCUT2D eigenvalue weighted by Gasteiger charge is -2.46. The van der Waals surface area contributed by atoms with Gasteiger partial charge < -0.3 is 15.1 Å². The second-order valence-corrected chi connectivity index (χ2v) is 8.84. The molecule has 0 radical (unpaired) electrons. The molecule has 6 nitrogen and oxygen atoms in total. The Kier molecular flexibility index (Phi) is 5.26. The summed E-state index contributed by atoms with van der Waals surface area (Å²) in [5.41, 5.74) is 3.45. The van der Waals surface area contributed by atoms with Crippen LogP contribution in [0.5, 0.6) is 0 Å². The van der Waals surface area contributed by atoms with Crippen molar-refractivity contribution >= 4 is 23.3 Å². The minimum Gasteiger partial charge on any atom is -0.363 e. The number of amides is 2. The standard InChI is InChI=1S/C24H30N4O2/c1-14-7-6-8-21(25-14)26-22-15(2)23(17-9-10-17)28(16(3)29)20-12-11-18(13-19(20)22)24(30)27(4)5/h6-8,11-13,15,17,22-23H,9-10H2,1-5H3,(H,25,26)/t15-,22?,23?/m1/s1. The first-order valence-corrected chi connectivity index (χ1v) is 10.6. The van der Waals surface area contributed by atoms with Crippen LogP contribution in [0.1, 0.15) is 54.3 Å². The van der Waals surface area contributed by atoms with Gasteiger partial charge in [-0.2, -0.15) is 0 Å². The van der Waals surface area contributed by atoms with Crippen LogP contribution >= 0.6 is 0 Å². The topological polar surface area (TPSA) is 65.5 Å². The van der Waals surface area contributed by atoms with Crippen LogP contribution in [0.3, 0.4) is 0 Å². The summed E-state index contributed by atoms with van der Waals surface area (Å²) in [4.78, 5) is 33.5. The molecule has 2 heterocycles. The molecule has 1 saturated carbocycles. The molecular weight excluding hydrogens is 376 g/mol. The number of fused-ring (bicyclic) bond motifs is 1. The second kappa shape index (κ2) is 7.74. The van der Waals surface area contributed by atoms with E-state index in [4.69, 9.17) is 0 Å². The van der Waals surface area contributed by atoms with Crippen molar-refractivity contribution in [1.82, 2.24) is 9.88 Å². The number of nitrogens with one attached hydrogen (secondary N) is 1. The maximum Gasteiger partial charge on any atom is 0.253 e. The van der Waals surface area contributed by atoms with Crippen LogP contribution in [0.4, 0.5) is 11.5 Å². The summed E-state index contributed by atoms with van der Waals surface area (Å²) in [7, 11) is 3.50. The lowest BCUT2D eigenvalue weighted by Crippen LogP contribution is -2.51. The van der Waals surface area contributed by atoms with Crippen molar-refractivity contribution in [3.05, 3.63) is 53.2 Å². The highest BCUT2D eigenvalue weighted by Crippen LogP contribution is 2.50. The third-order valence-corrected chi connectivity index (χ3v) is 6.27. The van der Waals surface area contributed by atoms with E-state index in [0.717, 1.165) is 35.6 Å². The lowest BCUT2D eigenvalue weighted by atomic mass is 9.79. The summed E-state index contributed by atoms with van der Waals surface area (Å²) in [5.74, 6) is 1.53. The summed E-state index contributed by atoms with van der Waals surface area (Å²) in [6.45, 7) is 5.82. The fourth-order valence-corrected chi connectivity index (χ4v) is 4.74. The zero-order valence-corrected chi connectivity index (χ0v) is 18.3. The number of aryl methyl sites for hydroxylation is 1. The molecule has 0 saturated heterocycles. The fraction of sp³-hybridized carbons (Fsp3) is 0.458. The number of aromatic nitrogens is 1. The Morgan fingerprint density at radius 2 is 1.90 bits per heavy atom. The van der Waals surface area contributed by atoms with E-state index in [9.17, 15) is 9.59 Å². The van der Waals surface area contributed by atoms with Crippen molar-refractivity contribution in [2.75, 3.05) is 24.3 Å². The number of anilines is 2. The third kappa shape index (κ3) is 3.66. The Bertz CT molecular complexity index is 983. The first-order chi connectivity index (χ1) is 14.3. The highest BCUT2D eigenvalue weighted by Gasteiger charge is 2.47. The van der Waals surface area contributed by atoms with Crippen molar-refractivity contribution in [3.8, 4) is 0 Å². The number of hydrogen-bond acceptors (Lipinski definition) is 4. The maximum atomic E-state index is 12.7. The highest BCUT2D eigenvalue weighted by atomic mass is 16.2. The molecule has 0 spiro atoms. The van der Waals surface area contributed by atoms with Gasteiger partial charge in [0.2, 0.25) is 5.91 Å². The third-order valence-electron chi connectivity index (χ3n) is 6.27. The van der Waals surface area contributed by atoms with E-state index in [0.29, 0.717) is 11.5 Å². The number of carbonyl (C=O) groups is 2. The smallest absolute Gasteiger partial charge is 0.253 e. The first kappa shape index (κ1) is 20.4. The Hall–Kier alpha value is -2.89. The zero-order chi connectivity index (χ0) is 21.6. The van der Waals surface area contributed by atoms with Gasteiger partial charge in [-0.15, -0.1) is 0 Å². The number of pyridine rings is 1. The quantitative estimate of drug-likeness (QED) is 0.833. The van der Waals surface area contributed by atoms with E-state index >= 15 is 0 Å². The Morgan fingerprint density at radius 1 is 1.17 bits per heavy atom. The normalized spacial score (nSPS) is 23.0. The number of hydrogen-bond donors (Lipinski definition) is 1. The second-order valence-electron chi connectivity index (χ2n) is 8.84. The lowest BCUT2D eigenvalue weighted by molar-refractivity contribution is -0.117. The molecule has 158 valence electrons. The molecule has 2 aliphatic rings. The molecule has 1 aromatic carbocycles. The fourth-order valence-electron chi connectivity index (χ4n) is 4.74. The zero-order valence-electron chi connectivity index (χ0n) is 18.3. The molecule has 1 aromatic heterocycles. The summed E-state index contributed by atoms with van der Waals surface area (Å²) in [5, 5.41) is 3.62. The predicted octanol–water partition coefficient (Wildman–Crippen LogP) is 4.03. The van der Waals surface area contributed by atoms with Gasteiger partial charge in [0.1, 0.15) is 5.82 Å². The Morgan fingerprint density at radius 3 is 2.50 bits per heavy atom. The van der Waals surface area contributed by atoms with Gasteiger partial charge in [0, 0.05) is 49.9 Å². The van der Waals surface area contributed by atoms with E-state index in [1.54, 1.807) is 25.9 Å². The van der Waals surface area contributed by atoms with Crippen molar-refractivity contribution < 1.29 is 9.59 Å². The van der Waals surface area contributed by atoms with E-state index < -0.39 is 0 Å². The number of rotatable bonds is 4. The van der Waals surface area contributed by atoms with Gasteiger partial charge >= 0.3 is 0 Å². The van der Waals surface area contributed by atoms with Gasteiger partial charge in [0.05, 0.1) is 6.04 Å². The van der Waals surface area contributed by atoms with Gasteiger partial charge in [-0.1, -0.05) is 13.0 Å². The van der Waals surface area contributed by atoms with Crippen LogP contribution in [-0.4, -0.2) is 41.8 Å². The van der Waals surface area contributed by atoms with Crippen molar-refractivity contribution in [2.24, 2.45) is 11.8 Å². The van der Waals surface area contributed by atoms with E-state index in [1.807, 2.05) is 48.2 Å². The van der Waals surface area contributed by atoms with Gasteiger partial charge in [0.25, 0.3) is 5.91 Å². The van der Waals surface area contributed by atoms with Gasteiger partial charge in [-0.25, -0.2) is 4.98 Å². The van der Waals surface area contributed by atoms with Crippen LogP contribution in [-0.2, 0) is 4.79 Å². The summed E-state index contributed by atoms with van der Waals surface area (Å²) >= 11 is 0. The monoisotopic (exact) mass is 406 g/mol. The molecule has 1 aliphatic heterocycles. The van der Waals surface area contributed by atoms with Crippen molar-refractivity contribution in [1.29, 1.82) is 0 Å². The van der Waals surface area contributed by atoms with Gasteiger partial charge in [-0.3, -0.25) is 9.59 Å². The van der Waals surface area contributed by atoms with E-state index in [-0.39, 0.29) is 29.8 Å². The average molecular weight is 407 g/mol. The molecule has 1 N–H and O–H groups in total. The Balaban J connectivity index is 1.83. The Labute approximate surface area is 178 Å². The molecule has 1 fully saturated rings. The van der Waals surface area contributed by atoms with E-state index in [1.165, 1.54) is 0 Å². The molecular formula is C24H30N4O2. The maximum absolute atomic E-state index is 12.7. The minimum atomic E-state index is -0.0448. The van der Waals surface area contributed by atoms with Crippen LogP contribution in [0, 0.1) is 18.8 Å². The summed E-state index contributed by atoms with van der Waals surface area (Å²) in [6, 6.07) is 11.8. The SMILES string of the molecule is CC(=O)N1c2ccc(C(=O)N(C)C)cc2C(Nc2cccc(C)n2)[C@@H](C)C1C1CC1. The largest absolute Gasteiger partial charge is 0.363 e. The molecule has 30 heavy (non-hydrogen) atoms. The molecule has 2 amide bonds. The number of benzene rings is 1. The number of carbonyl (C=O) groups excluding carboxylic acids is 2. The summed E-state index contributed by atoms with van der Waals surface area (Å²) in [6.07, 6.45) is 2.31. The first-order valence-electron chi connectivity index (χ1n) is 10.6. The van der Waals surface area contributed by atoms with Crippen LogP contribution < -0.4 is 10.2 Å². The highest BCUT2D eigenvalue weighted by molar-refractivity contribution is 5.98. The predicted molar refractivity (Wildman–Crippen MR) is 119 cm³/mol. The molecule has 1 aliphatic carbocycles. The van der Waals surface area contributed by atoms with E-state index in [2.05, 4.69) is 17.2 Å². The van der Waals surface area contributed by atoms with Gasteiger partial charge in [0.15, 0.2) is 0 Å². The average Bonchev–Trinajstić information content (AvgIpc) is 3.53. The van der Waals surface area contributed by atoms with Crippen molar-refractivity contribution in [2.45, 2.75) is 45.7 Å². The molecule has 2 aromatic rings. The molecule has 3 atom stereocenters. The molecule has 4 rings (SSSR count). The molecule has 6 heteroatoms. The van der Waals surface area contributed by atoms with Gasteiger partial charge in [-0.05, 0) is 61.6 Å². The molecule has 2 unspecified atom stereocenters. The van der Waals surface area contributed by atoms with Crippen LogP contribution in [0.15, 0.2) is 36.4 Å². The van der Waals surface area contributed by atoms with Crippen LogP contribution in [0.25, 0.3) is 0 Å². The minimum absolute atomic E-state index is 0.0367. The summed E-state index contributed by atoms with van der Waals surface area (Å²) < 4.78 is 0. The van der Waals surface area contributed by atoms with Crippen molar-refractivity contribution in [3.63, 3.8) is 0 Å². The number of nitrogens with zero attached hydrogens (tertiary/aromatic N) is 3. The van der Waals surface area contributed by atoms with Crippen LogP contribution in [0.2, 0.25) is 0 Å².